The lowest BCUT2D eigenvalue weighted by atomic mass is 9.48. The van der Waals surface area contributed by atoms with E-state index in [4.69, 9.17) is 9.47 Å². The van der Waals surface area contributed by atoms with E-state index in [1.165, 1.54) is 83.5 Å². The van der Waals surface area contributed by atoms with Gasteiger partial charge in [-0.15, -0.1) is 0 Å². The average molecular weight is 455 g/mol. The molecule has 9 aliphatic rings. The zero-order valence-corrected chi connectivity index (χ0v) is 22.2. The lowest BCUT2D eigenvalue weighted by molar-refractivity contribution is -0.216. The van der Waals surface area contributed by atoms with Crippen molar-refractivity contribution in [3.8, 4) is 0 Å². The molecule has 8 bridgehead atoms. The van der Waals surface area contributed by atoms with Crippen molar-refractivity contribution in [3.05, 3.63) is 0 Å². The monoisotopic (exact) mass is 454 g/mol. The van der Waals surface area contributed by atoms with Crippen LogP contribution in [-0.4, -0.2) is 23.9 Å². The number of rotatable bonds is 6. The first-order valence-electron chi connectivity index (χ1n) is 14.8. The molecule has 1 saturated heterocycles. The molecule has 0 radical (unpaired) electrons. The van der Waals surface area contributed by atoms with E-state index in [2.05, 4.69) is 34.6 Å². The van der Waals surface area contributed by atoms with Crippen molar-refractivity contribution in [1.29, 1.82) is 0 Å². The van der Waals surface area contributed by atoms with Gasteiger partial charge in [-0.3, -0.25) is 0 Å². The maximum absolute atomic E-state index is 7.55. The Bertz CT molecular complexity index is 717. The normalized spacial score (nSPS) is 53.0. The molecule has 33 heavy (non-hydrogen) atoms. The molecule has 3 atom stereocenters. The summed E-state index contributed by atoms with van der Waals surface area (Å²) in [4.78, 5) is 0. The highest BCUT2D eigenvalue weighted by Gasteiger charge is 2.66. The van der Waals surface area contributed by atoms with Crippen molar-refractivity contribution >= 4 is 0 Å². The second kappa shape index (κ2) is 7.02. The van der Waals surface area contributed by atoms with Gasteiger partial charge in [0.25, 0.3) is 0 Å². The summed E-state index contributed by atoms with van der Waals surface area (Å²) in [6, 6.07) is 0. The van der Waals surface area contributed by atoms with Crippen molar-refractivity contribution < 1.29 is 9.47 Å². The minimum absolute atomic E-state index is 0.156. The van der Waals surface area contributed by atoms with E-state index < -0.39 is 0 Å². The van der Waals surface area contributed by atoms with Crippen molar-refractivity contribution in [2.24, 2.45) is 51.8 Å². The van der Waals surface area contributed by atoms with Crippen molar-refractivity contribution in [3.63, 3.8) is 0 Å². The van der Waals surface area contributed by atoms with Gasteiger partial charge in [0, 0.05) is 5.41 Å². The van der Waals surface area contributed by atoms with E-state index in [9.17, 15) is 0 Å². The molecule has 9 rings (SSSR count). The predicted molar refractivity (Wildman–Crippen MR) is 133 cm³/mol. The largest absolute Gasteiger partial charge is 0.368 e. The average Bonchev–Trinajstić information content (AvgIpc) is 3.43. The highest BCUT2D eigenvalue weighted by atomic mass is 16.6. The van der Waals surface area contributed by atoms with Crippen LogP contribution in [0, 0.1) is 51.8 Å². The molecule has 186 valence electrons. The zero-order valence-electron chi connectivity index (χ0n) is 22.2. The smallest absolute Gasteiger partial charge is 0.111 e. The summed E-state index contributed by atoms with van der Waals surface area (Å²) in [6.07, 6.45) is 19.8. The zero-order chi connectivity index (χ0) is 22.8. The maximum atomic E-state index is 7.55. The van der Waals surface area contributed by atoms with E-state index in [1.54, 1.807) is 0 Å². The van der Waals surface area contributed by atoms with Crippen LogP contribution >= 0.6 is 0 Å². The topological polar surface area (TPSA) is 21.8 Å². The standard InChI is InChI=1S/C31H50O2/c1-28(2,3)18-29(4,5)26(33-31-15-22-9-23(16-31)11-24(10-22)17-31)25-27(32-25)30-12-19-6-20(13-30)8-21(7-19)14-30/h19-27H,6-18H2,1-5H3/t19?,20?,21?,22?,23?,24?,25-,26?,27?,30?,31?/m1/s1. The summed E-state index contributed by atoms with van der Waals surface area (Å²) in [5.74, 6) is 5.86. The number of hydrogen-bond donors (Lipinski definition) is 0. The summed E-state index contributed by atoms with van der Waals surface area (Å²) in [6.45, 7) is 12.3. The minimum atomic E-state index is 0.156. The number of ether oxygens (including phenoxy) is 2. The van der Waals surface area contributed by atoms with Gasteiger partial charge in [-0.2, -0.15) is 0 Å². The van der Waals surface area contributed by atoms with Gasteiger partial charge in [0.15, 0.2) is 0 Å². The molecular weight excluding hydrogens is 404 g/mol. The Hall–Kier alpha value is -0.0800. The predicted octanol–water partition coefficient (Wildman–Crippen LogP) is 7.79. The van der Waals surface area contributed by atoms with Crippen LogP contribution < -0.4 is 0 Å². The molecule has 1 aliphatic heterocycles. The molecule has 0 aromatic rings. The van der Waals surface area contributed by atoms with Crippen LogP contribution in [0.4, 0.5) is 0 Å². The summed E-state index contributed by atoms with van der Waals surface area (Å²) >= 11 is 0. The summed E-state index contributed by atoms with van der Waals surface area (Å²) in [7, 11) is 0. The molecule has 8 saturated carbocycles. The van der Waals surface area contributed by atoms with Gasteiger partial charge in [-0.25, -0.2) is 0 Å². The van der Waals surface area contributed by atoms with Crippen LogP contribution in [0.15, 0.2) is 0 Å². The van der Waals surface area contributed by atoms with Crippen LogP contribution in [0.3, 0.4) is 0 Å². The molecule has 2 unspecified atom stereocenters. The Kier molecular flexibility index (Phi) is 4.71. The third-order valence-corrected chi connectivity index (χ3v) is 11.6. The quantitative estimate of drug-likeness (QED) is 0.382. The van der Waals surface area contributed by atoms with Crippen LogP contribution in [0.1, 0.15) is 118 Å². The Morgan fingerprint density at radius 1 is 0.697 bits per heavy atom. The molecule has 0 amide bonds. The Labute approximate surface area is 203 Å². The summed E-state index contributed by atoms with van der Waals surface area (Å²) < 4.78 is 14.4. The van der Waals surface area contributed by atoms with Crippen LogP contribution in [0.2, 0.25) is 0 Å². The molecular formula is C31H50O2. The fraction of sp³-hybridized carbons (Fsp3) is 1.00. The van der Waals surface area contributed by atoms with E-state index in [1.807, 2.05) is 0 Å². The van der Waals surface area contributed by atoms with Crippen molar-refractivity contribution in [2.45, 2.75) is 142 Å². The first kappa shape index (κ1) is 22.1. The molecule has 8 aliphatic carbocycles. The number of epoxide rings is 1. The molecule has 9 fully saturated rings. The summed E-state index contributed by atoms with van der Waals surface area (Å²) in [5, 5.41) is 0. The molecule has 0 aromatic carbocycles. The summed E-state index contributed by atoms with van der Waals surface area (Å²) in [5.41, 5.74) is 1.15. The van der Waals surface area contributed by atoms with Crippen LogP contribution in [-0.2, 0) is 9.47 Å². The van der Waals surface area contributed by atoms with Crippen molar-refractivity contribution in [2.75, 3.05) is 0 Å². The maximum Gasteiger partial charge on any atom is 0.111 e. The van der Waals surface area contributed by atoms with Crippen molar-refractivity contribution in [1.82, 2.24) is 0 Å². The Balaban J connectivity index is 1.16. The van der Waals surface area contributed by atoms with Crippen LogP contribution in [0.5, 0.6) is 0 Å². The Morgan fingerprint density at radius 3 is 1.55 bits per heavy atom. The fourth-order valence-corrected chi connectivity index (χ4v) is 12.0. The van der Waals surface area contributed by atoms with Crippen LogP contribution in [0.25, 0.3) is 0 Å². The van der Waals surface area contributed by atoms with E-state index in [-0.39, 0.29) is 17.1 Å². The van der Waals surface area contributed by atoms with Gasteiger partial charge in [0.05, 0.1) is 17.8 Å². The highest BCUT2D eigenvalue weighted by Crippen LogP contribution is 2.66. The third-order valence-electron chi connectivity index (χ3n) is 11.6. The molecule has 0 aromatic heterocycles. The molecule has 0 N–H and O–H groups in total. The van der Waals surface area contributed by atoms with Gasteiger partial charge in [-0.05, 0) is 130 Å². The first-order chi connectivity index (χ1) is 15.5. The van der Waals surface area contributed by atoms with E-state index >= 15 is 0 Å². The first-order valence-corrected chi connectivity index (χ1v) is 14.8. The minimum Gasteiger partial charge on any atom is -0.368 e. The van der Waals surface area contributed by atoms with Gasteiger partial charge < -0.3 is 9.47 Å². The second-order valence-electron chi connectivity index (χ2n) is 16.7. The molecule has 0 spiro atoms. The molecule has 1 heterocycles. The SMILES string of the molecule is CC(C)(C)CC(C)(C)C(OC12CC3CC(CC(C3)C1)C2)[C@H]1OC1C12CC3CC(CC(C3)C1)C2. The van der Waals surface area contributed by atoms with Gasteiger partial charge in [0.1, 0.15) is 6.10 Å². The molecule has 2 heteroatoms. The van der Waals surface area contributed by atoms with E-state index in [0.29, 0.717) is 23.0 Å². The Morgan fingerprint density at radius 2 is 1.12 bits per heavy atom. The lowest BCUT2D eigenvalue weighted by Crippen LogP contribution is -2.56. The highest BCUT2D eigenvalue weighted by molar-refractivity contribution is 5.14. The van der Waals surface area contributed by atoms with Gasteiger partial charge >= 0.3 is 0 Å². The van der Waals surface area contributed by atoms with Gasteiger partial charge in [-0.1, -0.05) is 34.6 Å². The van der Waals surface area contributed by atoms with E-state index in [0.717, 1.165) is 35.5 Å². The lowest BCUT2D eigenvalue weighted by Gasteiger charge is -2.58. The fourth-order valence-electron chi connectivity index (χ4n) is 12.0. The third kappa shape index (κ3) is 3.78. The van der Waals surface area contributed by atoms with Gasteiger partial charge in [0.2, 0.25) is 0 Å². The number of hydrogen-bond acceptors (Lipinski definition) is 2. The molecule has 2 nitrogen and oxygen atoms in total. The second-order valence-corrected chi connectivity index (χ2v) is 16.7.